The fraction of sp³-hybridized carbons (Fsp3) is 0.476. The summed E-state index contributed by atoms with van der Waals surface area (Å²) in [6.07, 6.45) is -0.0639. The molecule has 2 aliphatic heterocycles. The molecule has 1 fully saturated rings. The zero-order valence-corrected chi connectivity index (χ0v) is 17.3. The molecular formula is C21H26N4O5. The van der Waals surface area contributed by atoms with Gasteiger partial charge < -0.3 is 19.1 Å². The predicted molar refractivity (Wildman–Crippen MR) is 110 cm³/mol. The highest BCUT2D eigenvalue weighted by Gasteiger charge is 2.22. The van der Waals surface area contributed by atoms with Gasteiger partial charge in [-0.05, 0) is 31.5 Å². The van der Waals surface area contributed by atoms with Crippen molar-refractivity contribution in [3.63, 3.8) is 0 Å². The number of carbonyl (C=O) groups is 1. The van der Waals surface area contributed by atoms with Gasteiger partial charge in [0.1, 0.15) is 0 Å². The van der Waals surface area contributed by atoms with E-state index in [2.05, 4.69) is 25.8 Å². The Labute approximate surface area is 174 Å². The van der Waals surface area contributed by atoms with Gasteiger partial charge in [0, 0.05) is 38.3 Å². The maximum atomic E-state index is 12.5. The van der Waals surface area contributed by atoms with E-state index >= 15 is 0 Å². The summed E-state index contributed by atoms with van der Waals surface area (Å²) >= 11 is 0. The van der Waals surface area contributed by atoms with E-state index in [1.54, 1.807) is 13.8 Å². The van der Waals surface area contributed by atoms with Crippen LogP contribution < -0.4 is 19.9 Å². The van der Waals surface area contributed by atoms with Crippen LogP contribution in [-0.4, -0.2) is 60.4 Å². The highest BCUT2D eigenvalue weighted by Crippen LogP contribution is 2.32. The number of anilines is 1. The summed E-state index contributed by atoms with van der Waals surface area (Å²) in [5, 5.41) is 0. The molecule has 30 heavy (non-hydrogen) atoms. The molecule has 0 amide bonds. The third-order valence-electron chi connectivity index (χ3n) is 5.35. The van der Waals surface area contributed by atoms with Gasteiger partial charge in [-0.15, -0.1) is 0 Å². The highest BCUT2D eigenvalue weighted by molar-refractivity contribution is 5.72. The quantitative estimate of drug-likeness (QED) is 0.705. The summed E-state index contributed by atoms with van der Waals surface area (Å²) in [6.45, 7) is 8.09. The molecule has 0 saturated carbocycles. The molecule has 0 atom stereocenters. The van der Waals surface area contributed by atoms with Crippen molar-refractivity contribution >= 4 is 11.9 Å². The molecule has 1 aromatic carbocycles. The fourth-order valence-corrected chi connectivity index (χ4v) is 3.73. The summed E-state index contributed by atoms with van der Waals surface area (Å²) in [7, 11) is 0. The minimum atomic E-state index is -0.419. The zero-order chi connectivity index (χ0) is 21.1. The molecule has 0 unspecified atom stereocenters. The zero-order valence-electron chi connectivity index (χ0n) is 17.3. The Morgan fingerprint density at radius 3 is 2.70 bits per heavy atom. The lowest BCUT2D eigenvalue weighted by Crippen LogP contribution is -2.47. The normalized spacial score (nSPS) is 16.0. The van der Waals surface area contributed by atoms with Crippen LogP contribution in [-0.2, 0) is 22.5 Å². The third-order valence-corrected chi connectivity index (χ3v) is 5.35. The average Bonchev–Trinajstić information content (AvgIpc) is 3.19. The Balaban J connectivity index is 1.37. The van der Waals surface area contributed by atoms with Gasteiger partial charge in [-0.2, -0.15) is 0 Å². The lowest BCUT2D eigenvalue weighted by atomic mass is 10.1. The van der Waals surface area contributed by atoms with Crippen LogP contribution in [0.2, 0.25) is 0 Å². The lowest BCUT2D eigenvalue weighted by Gasteiger charge is -2.35. The number of esters is 1. The summed E-state index contributed by atoms with van der Waals surface area (Å²) in [5.41, 5.74) is 1.81. The number of nitrogens with zero attached hydrogens (tertiary/aromatic N) is 3. The van der Waals surface area contributed by atoms with Gasteiger partial charge in [-0.3, -0.25) is 19.5 Å². The van der Waals surface area contributed by atoms with Crippen LogP contribution in [0.3, 0.4) is 0 Å². The SMILES string of the molecule is CCOC(=O)Cc1c(C)nc(N2CCN(Cc3ccc4c(c3)OCO4)CC2)[nH]c1=O. The average molecular weight is 414 g/mol. The Morgan fingerprint density at radius 2 is 1.97 bits per heavy atom. The molecule has 1 N–H and O–H groups in total. The highest BCUT2D eigenvalue weighted by atomic mass is 16.7. The number of aromatic amines is 1. The largest absolute Gasteiger partial charge is 0.466 e. The summed E-state index contributed by atoms with van der Waals surface area (Å²) < 4.78 is 15.8. The van der Waals surface area contributed by atoms with Crippen LogP contribution in [0.5, 0.6) is 11.5 Å². The minimum absolute atomic E-state index is 0.0639. The number of ether oxygens (including phenoxy) is 3. The number of H-pyrrole nitrogens is 1. The Bertz CT molecular complexity index is 982. The van der Waals surface area contributed by atoms with Gasteiger partial charge in [-0.1, -0.05) is 6.07 Å². The van der Waals surface area contributed by atoms with Gasteiger partial charge >= 0.3 is 5.97 Å². The molecule has 0 spiro atoms. The maximum Gasteiger partial charge on any atom is 0.310 e. The number of fused-ring (bicyclic) bond motifs is 1. The number of hydrogen-bond donors (Lipinski definition) is 1. The molecule has 0 bridgehead atoms. The van der Waals surface area contributed by atoms with E-state index in [0.717, 1.165) is 44.2 Å². The Hall–Kier alpha value is -3.07. The summed E-state index contributed by atoms with van der Waals surface area (Å²) in [6, 6.07) is 6.03. The topological polar surface area (TPSA) is 97.0 Å². The van der Waals surface area contributed by atoms with Crippen molar-refractivity contribution in [3.8, 4) is 11.5 Å². The van der Waals surface area contributed by atoms with Crippen LogP contribution in [0.25, 0.3) is 0 Å². The first kappa shape index (κ1) is 20.2. The first-order chi connectivity index (χ1) is 14.5. The molecule has 1 saturated heterocycles. The Kier molecular flexibility index (Phi) is 5.89. The number of aromatic nitrogens is 2. The van der Waals surface area contributed by atoms with Crippen molar-refractivity contribution in [1.82, 2.24) is 14.9 Å². The summed E-state index contributed by atoms with van der Waals surface area (Å²) in [4.78, 5) is 36.0. The molecule has 0 radical (unpaired) electrons. The Morgan fingerprint density at radius 1 is 1.20 bits per heavy atom. The number of aryl methyl sites for hydroxylation is 1. The minimum Gasteiger partial charge on any atom is -0.466 e. The number of carbonyl (C=O) groups excluding carboxylic acids is 1. The smallest absolute Gasteiger partial charge is 0.310 e. The molecular weight excluding hydrogens is 388 g/mol. The van der Waals surface area contributed by atoms with E-state index in [9.17, 15) is 9.59 Å². The second-order valence-electron chi connectivity index (χ2n) is 7.39. The molecule has 3 heterocycles. The van der Waals surface area contributed by atoms with E-state index in [-0.39, 0.29) is 25.4 Å². The second kappa shape index (κ2) is 8.74. The second-order valence-corrected chi connectivity index (χ2v) is 7.39. The number of nitrogens with one attached hydrogen (secondary N) is 1. The molecule has 9 heteroatoms. The lowest BCUT2D eigenvalue weighted by molar-refractivity contribution is -0.142. The predicted octanol–water partition coefficient (Wildman–Crippen LogP) is 1.23. The molecule has 4 rings (SSSR count). The van der Waals surface area contributed by atoms with Crippen LogP contribution in [0.1, 0.15) is 23.7 Å². The van der Waals surface area contributed by atoms with E-state index in [1.807, 2.05) is 12.1 Å². The fourth-order valence-electron chi connectivity index (χ4n) is 3.73. The monoisotopic (exact) mass is 414 g/mol. The van der Waals surface area contributed by atoms with Crippen molar-refractivity contribution in [2.45, 2.75) is 26.8 Å². The first-order valence-electron chi connectivity index (χ1n) is 10.1. The molecule has 0 aliphatic carbocycles. The van der Waals surface area contributed by atoms with E-state index in [1.165, 1.54) is 5.56 Å². The molecule has 160 valence electrons. The number of piperazine rings is 1. The van der Waals surface area contributed by atoms with Crippen LogP contribution in [0.4, 0.5) is 5.95 Å². The van der Waals surface area contributed by atoms with Crippen molar-refractivity contribution in [1.29, 1.82) is 0 Å². The van der Waals surface area contributed by atoms with E-state index in [4.69, 9.17) is 14.2 Å². The van der Waals surface area contributed by atoms with Crippen LogP contribution >= 0.6 is 0 Å². The summed E-state index contributed by atoms with van der Waals surface area (Å²) in [5.74, 6) is 1.72. The van der Waals surface area contributed by atoms with Crippen LogP contribution in [0, 0.1) is 6.92 Å². The van der Waals surface area contributed by atoms with Gasteiger partial charge in [0.2, 0.25) is 12.7 Å². The van der Waals surface area contributed by atoms with Gasteiger partial charge in [0.25, 0.3) is 5.56 Å². The molecule has 1 aromatic heterocycles. The van der Waals surface area contributed by atoms with Gasteiger partial charge in [-0.25, -0.2) is 4.98 Å². The molecule has 2 aromatic rings. The van der Waals surface area contributed by atoms with Crippen LogP contribution in [0.15, 0.2) is 23.0 Å². The van der Waals surface area contributed by atoms with E-state index in [0.29, 0.717) is 17.2 Å². The number of hydrogen-bond acceptors (Lipinski definition) is 8. The van der Waals surface area contributed by atoms with Crippen molar-refractivity contribution in [3.05, 3.63) is 45.4 Å². The molecule has 2 aliphatic rings. The van der Waals surface area contributed by atoms with Crippen molar-refractivity contribution in [2.24, 2.45) is 0 Å². The maximum absolute atomic E-state index is 12.5. The van der Waals surface area contributed by atoms with Gasteiger partial charge in [0.05, 0.1) is 18.7 Å². The van der Waals surface area contributed by atoms with E-state index < -0.39 is 5.97 Å². The van der Waals surface area contributed by atoms with Gasteiger partial charge in [0.15, 0.2) is 11.5 Å². The number of benzene rings is 1. The third kappa shape index (κ3) is 4.40. The van der Waals surface area contributed by atoms with Crippen molar-refractivity contribution in [2.75, 3.05) is 44.5 Å². The first-order valence-corrected chi connectivity index (χ1v) is 10.1. The number of rotatable bonds is 6. The van der Waals surface area contributed by atoms with Crippen molar-refractivity contribution < 1.29 is 19.0 Å². The molecule has 9 nitrogen and oxygen atoms in total. The standard InChI is InChI=1S/C21H26N4O5/c1-3-28-19(26)11-16-14(2)22-21(23-20(16)27)25-8-6-24(7-9-25)12-15-4-5-17-18(10-15)30-13-29-17/h4-5,10H,3,6-9,11-13H2,1-2H3,(H,22,23,27).